The Kier molecular flexibility index (Phi) is 46.8. The fourth-order valence-electron chi connectivity index (χ4n) is 8.20. The highest BCUT2D eigenvalue weighted by molar-refractivity contribution is 7.47. The molecule has 11 nitrogen and oxygen atoms in total. The average molecular weight is 932 g/mol. The Morgan fingerprint density at radius 1 is 0.438 bits per heavy atom. The first kappa shape index (κ1) is 62.5. The lowest BCUT2D eigenvalue weighted by atomic mass is 10.0. The van der Waals surface area contributed by atoms with Crippen molar-refractivity contribution in [3.05, 3.63) is 0 Å². The predicted octanol–water partition coefficient (Wildman–Crippen LogP) is 15.0. The number of hydrogen-bond acceptors (Lipinski definition) is 8. The van der Waals surface area contributed by atoms with E-state index in [1.807, 2.05) is 0 Å². The Hall–Kier alpha value is -1.52. The van der Waals surface area contributed by atoms with Crippen molar-refractivity contribution < 1.29 is 47.8 Å². The van der Waals surface area contributed by atoms with E-state index in [0.29, 0.717) is 12.8 Å². The van der Waals surface area contributed by atoms with Gasteiger partial charge in [0.15, 0.2) is 6.04 Å². The fourth-order valence-corrected chi connectivity index (χ4v) is 8.97. The van der Waals surface area contributed by atoms with Gasteiger partial charge in [0.2, 0.25) is 5.91 Å². The van der Waals surface area contributed by atoms with Crippen molar-refractivity contribution in [2.24, 2.45) is 0 Å². The molecular weight excluding hydrogens is 830 g/mol. The zero-order valence-corrected chi connectivity index (χ0v) is 42.5. The summed E-state index contributed by atoms with van der Waals surface area (Å²) in [5.74, 6) is -2.34. The van der Waals surface area contributed by atoms with Crippen molar-refractivity contribution in [1.82, 2.24) is 5.32 Å². The number of aliphatic hydroxyl groups is 1. The van der Waals surface area contributed by atoms with Crippen molar-refractivity contribution in [2.75, 3.05) is 19.8 Å². The average Bonchev–Trinajstić information content (AvgIpc) is 3.27. The molecule has 0 heterocycles. The number of ether oxygens (including phenoxy) is 1. The summed E-state index contributed by atoms with van der Waals surface area (Å²) in [6.07, 6.45) is 49.8. The summed E-state index contributed by atoms with van der Waals surface area (Å²) >= 11 is 0. The van der Waals surface area contributed by atoms with E-state index in [1.54, 1.807) is 0 Å². The van der Waals surface area contributed by atoms with E-state index in [1.165, 1.54) is 205 Å². The van der Waals surface area contributed by atoms with E-state index < -0.39 is 57.6 Å². The molecule has 0 rings (SSSR count). The summed E-state index contributed by atoms with van der Waals surface area (Å²) < 4.78 is 27.0. The normalized spacial score (nSPS) is 13.4. The van der Waals surface area contributed by atoms with Crippen LogP contribution in [0.5, 0.6) is 0 Å². The summed E-state index contributed by atoms with van der Waals surface area (Å²) in [6.45, 7) is 2.67. The molecule has 380 valence electrons. The van der Waals surface area contributed by atoms with Crippen molar-refractivity contribution >= 4 is 25.7 Å². The van der Waals surface area contributed by atoms with E-state index in [2.05, 4.69) is 19.2 Å². The quantitative estimate of drug-likeness (QED) is 0.0262. The second-order valence-electron chi connectivity index (χ2n) is 18.8. The zero-order valence-electron chi connectivity index (χ0n) is 41.6. The minimum Gasteiger partial charge on any atom is -0.480 e. The third kappa shape index (κ3) is 47.0. The molecule has 3 unspecified atom stereocenters. The van der Waals surface area contributed by atoms with Gasteiger partial charge in [-0.25, -0.2) is 9.36 Å². The topological polar surface area (TPSA) is 169 Å². The maximum atomic E-state index is 12.4. The summed E-state index contributed by atoms with van der Waals surface area (Å²) in [7, 11) is -4.76. The summed E-state index contributed by atoms with van der Waals surface area (Å²) in [5, 5.41) is 22.0. The number of carbonyl (C=O) groups is 3. The molecule has 0 radical (unpaired) electrons. The molecule has 0 aliphatic rings. The van der Waals surface area contributed by atoms with Gasteiger partial charge in [0, 0.05) is 12.8 Å². The van der Waals surface area contributed by atoms with Crippen LogP contribution in [-0.4, -0.2) is 64.9 Å². The predicted molar refractivity (Wildman–Crippen MR) is 264 cm³/mol. The van der Waals surface area contributed by atoms with Crippen molar-refractivity contribution in [3.8, 4) is 0 Å². The molecule has 1 amide bonds. The van der Waals surface area contributed by atoms with Gasteiger partial charge in [-0.1, -0.05) is 258 Å². The van der Waals surface area contributed by atoms with E-state index in [4.69, 9.17) is 13.8 Å². The number of carboxylic acid groups (broad SMARTS) is 1. The number of unbranched alkanes of at least 4 members (excludes halogenated alkanes) is 38. The molecule has 3 atom stereocenters. The molecule has 0 bridgehead atoms. The second-order valence-corrected chi connectivity index (χ2v) is 20.2. The molecule has 4 N–H and O–H groups in total. The lowest BCUT2D eigenvalue weighted by Crippen LogP contribution is -2.43. The molecule has 0 aliphatic carbocycles. The number of phosphoric ester groups is 1. The van der Waals surface area contributed by atoms with Crippen LogP contribution in [-0.2, 0) is 32.7 Å². The number of carboxylic acids is 1. The Balaban J connectivity index is 3.75. The molecule has 0 aromatic carbocycles. The van der Waals surface area contributed by atoms with E-state index >= 15 is 0 Å². The van der Waals surface area contributed by atoms with Gasteiger partial charge in [0.25, 0.3) is 0 Å². The number of phosphoric acid groups is 1. The third-order valence-electron chi connectivity index (χ3n) is 12.4. The van der Waals surface area contributed by atoms with Gasteiger partial charge in [-0.15, -0.1) is 0 Å². The van der Waals surface area contributed by atoms with Crippen LogP contribution in [0.3, 0.4) is 0 Å². The van der Waals surface area contributed by atoms with Crippen LogP contribution in [0.25, 0.3) is 0 Å². The number of aliphatic carboxylic acids is 1. The van der Waals surface area contributed by atoms with E-state index in [9.17, 15) is 34.1 Å². The maximum absolute atomic E-state index is 12.4. The number of carbonyl (C=O) groups excluding carboxylic acids is 2. The molecular formula is C52H102NO10P. The summed E-state index contributed by atoms with van der Waals surface area (Å²) in [6, 6.07) is -1.54. The number of aliphatic hydroxyl groups excluding tert-OH is 1. The first-order valence-corrected chi connectivity index (χ1v) is 28.6. The van der Waals surface area contributed by atoms with Crippen LogP contribution in [0.1, 0.15) is 284 Å². The summed E-state index contributed by atoms with van der Waals surface area (Å²) in [4.78, 5) is 46.2. The van der Waals surface area contributed by atoms with Crippen molar-refractivity contribution in [3.63, 3.8) is 0 Å². The van der Waals surface area contributed by atoms with Gasteiger partial charge >= 0.3 is 19.8 Å². The highest BCUT2D eigenvalue weighted by atomic mass is 31.2. The van der Waals surface area contributed by atoms with Gasteiger partial charge in [-0.3, -0.25) is 18.6 Å². The van der Waals surface area contributed by atoms with Gasteiger partial charge in [0.1, 0.15) is 12.7 Å². The van der Waals surface area contributed by atoms with Crippen LogP contribution in [0.4, 0.5) is 0 Å². The number of nitrogens with one attached hydrogen (secondary N) is 1. The molecule has 12 heteroatoms. The lowest BCUT2D eigenvalue weighted by Gasteiger charge is -2.18. The zero-order chi connectivity index (χ0) is 47.0. The molecule has 0 saturated carbocycles. The molecule has 0 saturated heterocycles. The number of hydrogen-bond donors (Lipinski definition) is 4. The number of esters is 1. The first-order valence-electron chi connectivity index (χ1n) is 27.1. The Labute approximate surface area is 393 Å². The smallest absolute Gasteiger partial charge is 0.472 e. The van der Waals surface area contributed by atoms with Gasteiger partial charge < -0.3 is 25.2 Å². The van der Waals surface area contributed by atoms with E-state index in [0.717, 1.165) is 38.5 Å². The number of amides is 1. The van der Waals surface area contributed by atoms with Crippen molar-refractivity contribution in [2.45, 2.75) is 296 Å². The highest BCUT2D eigenvalue weighted by Crippen LogP contribution is 2.43. The molecule has 64 heavy (non-hydrogen) atoms. The van der Waals surface area contributed by atoms with Crippen LogP contribution in [0.15, 0.2) is 0 Å². The van der Waals surface area contributed by atoms with Gasteiger partial charge in [-0.2, -0.15) is 0 Å². The number of rotatable bonds is 52. The van der Waals surface area contributed by atoms with Gasteiger partial charge in [0.05, 0.1) is 13.2 Å². The monoisotopic (exact) mass is 932 g/mol. The van der Waals surface area contributed by atoms with Crippen LogP contribution in [0.2, 0.25) is 0 Å². The standard InChI is InChI=1S/C52H102NO10P/c1-3-5-7-9-11-13-15-17-19-21-23-24-26-28-30-32-34-36-38-40-42-44-51(56)61-45-48(54)46-62-64(59,60)63-47-49(52(57)58)53-50(55)43-41-39-37-35-33-31-29-27-25-22-20-18-16-14-12-10-8-6-4-2/h48-49,54H,3-47H2,1-2H3,(H,53,55)(H,57,58)(H,59,60). The molecule has 0 aromatic rings. The van der Waals surface area contributed by atoms with Crippen LogP contribution < -0.4 is 5.32 Å². The minimum absolute atomic E-state index is 0.153. The van der Waals surface area contributed by atoms with Crippen LogP contribution >= 0.6 is 7.82 Å². The second kappa shape index (κ2) is 48.0. The van der Waals surface area contributed by atoms with Crippen LogP contribution in [0, 0.1) is 0 Å². The Morgan fingerprint density at radius 3 is 1.03 bits per heavy atom. The fraction of sp³-hybridized carbons (Fsp3) is 0.942. The maximum Gasteiger partial charge on any atom is 0.472 e. The van der Waals surface area contributed by atoms with Gasteiger partial charge in [-0.05, 0) is 12.8 Å². The SMILES string of the molecule is CCCCCCCCCCCCCCCCCCCCCCCC(=O)OCC(O)COP(=O)(O)OCC(NC(=O)CCCCCCCCCCCCCCCCCCCCC)C(=O)O. The molecule has 0 aliphatic heterocycles. The lowest BCUT2D eigenvalue weighted by molar-refractivity contribution is -0.147. The first-order chi connectivity index (χ1) is 31.1. The molecule has 0 aromatic heterocycles. The Morgan fingerprint density at radius 2 is 0.719 bits per heavy atom. The minimum atomic E-state index is -4.76. The van der Waals surface area contributed by atoms with Crippen molar-refractivity contribution in [1.29, 1.82) is 0 Å². The largest absolute Gasteiger partial charge is 0.480 e. The van der Waals surface area contributed by atoms with E-state index in [-0.39, 0.29) is 12.8 Å². The Bertz CT molecular complexity index is 1090. The third-order valence-corrected chi connectivity index (χ3v) is 13.3. The molecule has 0 fully saturated rings. The highest BCUT2D eigenvalue weighted by Gasteiger charge is 2.28. The summed E-state index contributed by atoms with van der Waals surface area (Å²) in [5.41, 5.74) is 0. The molecule has 0 spiro atoms.